The molecule has 1 fully saturated rings. The van der Waals surface area contributed by atoms with E-state index in [4.69, 9.17) is 4.74 Å². The topological polar surface area (TPSA) is 41.6 Å². The van der Waals surface area contributed by atoms with E-state index in [1.165, 1.54) is 12.1 Å². The van der Waals surface area contributed by atoms with Gasteiger partial charge in [0.05, 0.1) is 19.1 Å². The number of carbonyl (C=O) groups excluding carboxylic acids is 1. The number of likely N-dealkylation sites (tertiary alicyclic amines) is 1. The lowest BCUT2D eigenvalue weighted by Gasteiger charge is -2.33. The van der Waals surface area contributed by atoms with Crippen molar-refractivity contribution in [2.24, 2.45) is 11.8 Å². The lowest BCUT2D eigenvalue weighted by Crippen LogP contribution is -2.39. The van der Waals surface area contributed by atoms with Crippen LogP contribution in [0.4, 0.5) is 13.2 Å². The maximum absolute atomic E-state index is 13.5. The van der Waals surface area contributed by atoms with Crippen LogP contribution in [-0.4, -0.2) is 44.0 Å². The Balaban J connectivity index is 1.82. The number of rotatable bonds is 3. The van der Waals surface area contributed by atoms with Crippen molar-refractivity contribution in [1.82, 2.24) is 10.2 Å². The average Bonchev–Trinajstić information content (AvgIpc) is 2.82. The average molecular weight is 314 g/mol. The van der Waals surface area contributed by atoms with Crippen molar-refractivity contribution in [3.8, 4) is 5.75 Å². The third-order valence-electron chi connectivity index (χ3n) is 4.37. The van der Waals surface area contributed by atoms with Gasteiger partial charge in [-0.1, -0.05) is 0 Å². The van der Waals surface area contributed by atoms with E-state index in [1.807, 2.05) is 11.9 Å². The molecular weight excluding hydrogens is 297 g/mol. The highest BCUT2D eigenvalue weighted by Crippen LogP contribution is 2.46. The number of ether oxygens (including phenoxy) is 1. The summed E-state index contributed by atoms with van der Waals surface area (Å²) in [6.07, 6.45) is -2.57. The smallest absolute Gasteiger partial charge is 0.255 e. The van der Waals surface area contributed by atoms with Gasteiger partial charge in [-0.15, -0.1) is 0 Å². The first kappa shape index (κ1) is 15.1. The van der Waals surface area contributed by atoms with Gasteiger partial charge in [-0.2, -0.15) is 0 Å². The van der Waals surface area contributed by atoms with Crippen LogP contribution in [0.1, 0.15) is 11.6 Å². The van der Waals surface area contributed by atoms with Crippen molar-refractivity contribution in [2.45, 2.75) is 12.5 Å². The van der Waals surface area contributed by atoms with Crippen LogP contribution < -0.4 is 10.1 Å². The quantitative estimate of drug-likeness (QED) is 0.925. The number of nitrogens with zero attached hydrogens (tertiary/aromatic N) is 1. The minimum atomic E-state index is -2.57. The predicted octanol–water partition coefficient (Wildman–Crippen LogP) is 1.82. The summed E-state index contributed by atoms with van der Waals surface area (Å²) in [6.45, 7) is 0.104. The monoisotopic (exact) mass is 314 g/mol. The zero-order valence-electron chi connectivity index (χ0n) is 12.1. The second kappa shape index (κ2) is 5.79. The van der Waals surface area contributed by atoms with Gasteiger partial charge in [0, 0.05) is 24.1 Å². The van der Waals surface area contributed by atoms with Crippen LogP contribution >= 0.6 is 0 Å². The highest BCUT2D eigenvalue weighted by Gasteiger charge is 2.47. The molecule has 0 bridgehead atoms. The van der Waals surface area contributed by atoms with E-state index in [-0.39, 0.29) is 17.8 Å². The lowest BCUT2D eigenvalue weighted by atomic mass is 9.85. The molecule has 0 saturated carbocycles. The van der Waals surface area contributed by atoms with Gasteiger partial charge in [0.25, 0.3) is 6.43 Å². The minimum Gasteiger partial charge on any atom is -0.493 e. The molecular formula is C15H17F3N2O2. The van der Waals surface area contributed by atoms with Gasteiger partial charge >= 0.3 is 0 Å². The molecule has 22 heavy (non-hydrogen) atoms. The van der Waals surface area contributed by atoms with E-state index in [1.54, 1.807) is 6.07 Å². The molecule has 1 aromatic rings. The first-order chi connectivity index (χ1) is 10.5. The van der Waals surface area contributed by atoms with Crippen LogP contribution in [0, 0.1) is 17.7 Å². The van der Waals surface area contributed by atoms with Crippen molar-refractivity contribution in [3.63, 3.8) is 0 Å². The molecule has 7 heteroatoms. The molecule has 0 aromatic heterocycles. The Morgan fingerprint density at radius 2 is 2.27 bits per heavy atom. The third-order valence-corrected chi connectivity index (χ3v) is 4.37. The zero-order valence-corrected chi connectivity index (χ0v) is 12.1. The summed E-state index contributed by atoms with van der Waals surface area (Å²) in [7, 11) is 1.85. The summed E-state index contributed by atoms with van der Waals surface area (Å²) in [5.74, 6) is -0.754. The normalized spacial score (nSPS) is 27.2. The predicted molar refractivity (Wildman–Crippen MR) is 73.3 cm³/mol. The highest BCUT2D eigenvalue weighted by molar-refractivity contribution is 5.80. The Morgan fingerprint density at radius 1 is 1.50 bits per heavy atom. The van der Waals surface area contributed by atoms with Crippen molar-refractivity contribution >= 4 is 5.91 Å². The molecule has 3 atom stereocenters. The number of halogens is 3. The summed E-state index contributed by atoms with van der Waals surface area (Å²) in [5, 5.41) is 2.27. The van der Waals surface area contributed by atoms with Crippen LogP contribution in [0.5, 0.6) is 5.75 Å². The molecule has 1 aromatic carbocycles. The highest BCUT2D eigenvalue weighted by atomic mass is 19.3. The van der Waals surface area contributed by atoms with Gasteiger partial charge in [0.1, 0.15) is 11.6 Å². The van der Waals surface area contributed by atoms with Gasteiger partial charge in [-0.25, -0.2) is 13.2 Å². The zero-order chi connectivity index (χ0) is 15.9. The number of carbonyl (C=O) groups is 1. The second-order valence-corrected chi connectivity index (χ2v) is 5.78. The Morgan fingerprint density at radius 3 is 3.00 bits per heavy atom. The largest absolute Gasteiger partial charge is 0.493 e. The molecule has 3 rings (SSSR count). The Labute approximate surface area is 126 Å². The summed E-state index contributed by atoms with van der Waals surface area (Å²) in [5.41, 5.74) is 0.711. The maximum atomic E-state index is 13.5. The molecule has 1 saturated heterocycles. The van der Waals surface area contributed by atoms with Gasteiger partial charge in [0.15, 0.2) is 0 Å². The molecule has 0 aliphatic carbocycles. The Kier molecular flexibility index (Phi) is 3.99. The number of hydrogen-bond acceptors (Lipinski definition) is 3. The molecule has 0 radical (unpaired) electrons. The van der Waals surface area contributed by atoms with Crippen LogP contribution in [0.2, 0.25) is 0 Å². The SMILES string of the molecule is CN1C[C@@H](C(=O)NCC(F)F)[C@@H]2COc3ccc(F)cc3[C@@H]21. The fourth-order valence-corrected chi connectivity index (χ4v) is 3.44. The van der Waals surface area contributed by atoms with E-state index < -0.39 is 24.8 Å². The number of benzene rings is 1. The third kappa shape index (κ3) is 2.65. The summed E-state index contributed by atoms with van der Waals surface area (Å²) < 4.78 is 43.6. The van der Waals surface area contributed by atoms with E-state index in [0.29, 0.717) is 24.5 Å². The number of nitrogens with one attached hydrogen (secondary N) is 1. The molecule has 2 aliphatic heterocycles. The Bertz CT molecular complexity index is 582. The van der Waals surface area contributed by atoms with E-state index in [2.05, 4.69) is 5.32 Å². The van der Waals surface area contributed by atoms with E-state index in [9.17, 15) is 18.0 Å². The molecule has 2 aliphatic rings. The molecule has 120 valence electrons. The summed E-state index contributed by atoms with van der Waals surface area (Å²) >= 11 is 0. The van der Waals surface area contributed by atoms with Crippen molar-refractivity contribution in [3.05, 3.63) is 29.6 Å². The summed E-state index contributed by atoms with van der Waals surface area (Å²) in [4.78, 5) is 14.1. The van der Waals surface area contributed by atoms with Gasteiger partial charge < -0.3 is 10.1 Å². The van der Waals surface area contributed by atoms with Gasteiger partial charge in [-0.05, 0) is 25.2 Å². The fraction of sp³-hybridized carbons (Fsp3) is 0.533. The number of hydrogen-bond donors (Lipinski definition) is 1. The fourth-order valence-electron chi connectivity index (χ4n) is 3.44. The van der Waals surface area contributed by atoms with Crippen LogP contribution in [0.15, 0.2) is 18.2 Å². The van der Waals surface area contributed by atoms with E-state index in [0.717, 1.165) is 0 Å². The van der Waals surface area contributed by atoms with E-state index >= 15 is 0 Å². The van der Waals surface area contributed by atoms with Crippen LogP contribution in [0.3, 0.4) is 0 Å². The number of alkyl halides is 2. The molecule has 4 nitrogen and oxygen atoms in total. The minimum absolute atomic E-state index is 0.137. The number of fused-ring (bicyclic) bond motifs is 3. The molecule has 1 amide bonds. The first-order valence-corrected chi connectivity index (χ1v) is 7.15. The van der Waals surface area contributed by atoms with Crippen LogP contribution in [0.25, 0.3) is 0 Å². The number of amides is 1. The molecule has 0 spiro atoms. The summed E-state index contributed by atoms with van der Waals surface area (Å²) in [6, 6.07) is 4.20. The molecule has 0 unspecified atom stereocenters. The molecule has 1 N–H and O–H groups in total. The molecule has 2 heterocycles. The van der Waals surface area contributed by atoms with Gasteiger partial charge in [0.2, 0.25) is 5.91 Å². The Hall–Kier alpha value is -1.76. The van der Waals surface area contributed by atoms with Crippen LogP contribution in [-0.2, 0) is 4.79 Å². The van der Waals surface area contributed by atoms with Gasteiger partial charge in [-0.3, -0.25) is 9.69 Å². The maximum Gasteiger partial charge on any atom is 0.255 e. The second-order valence-electron chi connectivity index (χ2n) is 5.78. The van der Waals surface area contributed by atoms with Crippen molar-refractivity contribution in [1.29, 1.82) is 0 Å². The van der Waals surface area contributed by atoms with Crippen molar-refractivity contribution < 1.29 is 22.7 Å². The first-order valence-electron chi connectivity index (χ1n) is 7.15. The lowest BCUT2D eigenvalue weighted by molar-refractivity contribution is -0.126. The standard InChI is InChI=1S/C15H17F3N2O2/c1-20-6-10(15(21)19-5-13(17)18)11-7-22-12-3-2-8(16)4-9(12)14(11)20/h2-4,10-11,13-14H,5-7H2,1H3,(H,19,21)/t10-,11+,14+/m1/s1. The van der Waals surface area contributed by atoms with Crippen molar-refractivity contribution in [2.75, 3.05) is 26.7 Å².